The molecule has 0 aliphatic heterocycles. The summed E-state index contributed by atoms with van der Waals surface area (Å²) >= 11 is 3.28. The highest BCUT2D eigenvalue weighted by Gasteiger charge is 2.16. The van der Waals surface area contributed by atoms with Crippen molar-refractivity contribution in [2.24, 2.45) is 0 Å². The van der Waals surface area contributed by atoms with Gasteiger partial charge >= 0.3 is 5.97 Å². The molecule has 0 aliphatic rings. The Morgan fingerprint density at radius 2 is 1.95 bits per heavy atom. The van der Waals surface area contributed by atoms with Crippen LogP contribution in [0.1, 0.15) is 20.7 Å². The van der Waals surface area contributed by atoms with Crippen molar-refractivity contribution in [2.75, 3.05) is 7.11 Å². The van der Waals surface area contributed by atoms with Gasteiger partial charge in [0, 0.05) is 4.47 Å². The van der Waals surface area contributed by atoms with Crippen LogP contribution in [0.5, 0.6) is 11.5 Å². The van der Waals surface area contributed by atoms with Gasteiger partial charge in [-0.3, -0.25) is 4.79 Å². The summed E-state index contributed by atoms with van der Waals surface area (Å²) in [7, 11) is 1.44. The molecule has 2 aromatic rings. The number of esters is 1. The zero-order valence-electron chi connectivity index (χ0n) is 10.6. The number of benzene rings is 2. The molecule has 2 rings (SSSR count). The first-order valence-electron chi connectivity index (χ1n) is 5.75. The topological polar surface area (TPSA) is 52.6 Å². The second kappa shape index (κ2) is 6.34. The minimum Gasteiger partial charge on any atom is -0.493 e. The van der Waals surface area contributed by atoms with Gasteiger partial charge in [0.2, 0.25) is 0 Å². The summed E-state index contributed by atoms with van der Waals surface area (Å²) in [4.78, 5) is 23.1. The third kappa shape index (κ3) is 3.05. The van der Waals surface area contributed by atoms with E-state index >= 15 is 0 Å². The van der Waals surface area contributed by atoms with Crippen molar-refractivity contribution in [2.45, 2.75) is 0 Å². The Morgan fingerprint density at radius 3 is 2.60 bits per heavy atom. The predicted molar refractivity (Wildman–Crippen MR) is 77.5 cm³/mol. The molecule has 0 radical (unpaired) electrons. The van der Waals surface area contributed by atoms with E-state index in [1.165, 1.54) is 7.11 Å². The molecule has 0 unspecified atom stereocenters. The van der Waals surface area contributed by atoms with Crippen LogP contribution in [0.4, 0.5) is 0 Å². The molecule has 0 spiro atoms. The van der Waals surface area contributed by atoms with E-state index < -0.39 is 5.97 Å². The molecule has 0 saturated heterocycles. The molecule has 0 atom stereocenters. The SMILES string of the molecule is COc1cccc(C=O)c1OC(=O)c1cccc(Br)c1. The fourth-order valence-electron chi connectivity index (χ4n) is 1.66. The Morgan fingerprint density at radius 1 is 1.20 bits per heavy atom. The van der Waals surface area contributed by atoms with Crippen molar-refractivity contribution >= 4 is 28.2 Å². The largest absolute Gasteiger partial charge is 0.493 e. The van der Waals surface area contributed by atoms with Gasteiger partial charge in [-0.25, -0.2) is 4.79 Å². The number of carbonyl (C=O) groups excluding carboxylic acids is 2. The normalized spacial score (nSPS) is 9.90. The van der Waals surface area contributed by atoms with Crippen LogP contribution in [0.25, 0.3) is 0 Å². The van der Waals surface area contributed by atoms with Crippen LogP contribution in [0.2, 0.25) is 0 Å². The summed E-state index contributed by atoms with van der Waals surface area (Å²) in [5.41, 5.74) is 0.634. The molecular weight excluding hydrogens is 324 g/mol. The zero-order valence-corrected chi connectivity index (χ0v) is 12.2. The minimum atomic E-state index is -0.557. The Kier molecular flexibility index (Phi) is 4.53. The first-order valence-corrected chi connectivity index (χ1v) is 6.55. The van der Waals surface area contributed by atoms with Crippen molar-refractivity contribution in [3.63, 3.8) is 0 Å². The molecule has 0 amide bonds. The maximum absolute atomic E-state index is 12.1. The number of aldehydes is 1. The number of rotatable bonds is 4. The molecule has 4 nitrogen and oxygen atoms in total. The molecule has 0 fully saturated rings. The molecule has 2 aromatic carbocycles. The number of methoxy groups -OCH3 is 1. The van der Waals surface area contributed by atoms with E-state index in [9.17, 15) is 9.59 Å². The summed E-state index contributed by atoms with van der Waals surface area (Å²) in [5.74, 6) is -0.105. The standard InChI is InChI=1S/C15H11BrO4/c1-19-13-7-3-5-11(9-17)14(13)20-15(18)10-4-2-6-12(16)8-10/h2-9H,1H3. The predicted octanol–water partition coefficient (Wildman–Crippen LogP) is 3.49. The molecule has 0 heterocycles. The molecule has 0 bridgehead atoms. The lowest BCUT2D eigenvalue weighted by molar-refractivity contribution is 0.0728. The molecule has 0 saturated carbocycles. The fourth-order valence-corrected chi connectivity index (χ4v) is 2.06. The Bertz CT molecular complexity index is 652. The van der Waals surface area contributed by atoms with Crippen molar-refractivity contribution in [3.05, 3.63) is 58.1 Å². The van der Waals surface area contributed by atoms with E-state index in [1.807, 2.05) is 0 Å². The van der Waals surface area contributed by atoms with Crippen LogP contribution in [0.3, 0.4) is 0 Å². The molecule has 5 heteroatoms. The fraction of sp³-hybridized carbons (Fsp3) is 0.0667. The number of ether oxygens (including phenoxy) is 2. The highest BCUT2D eigenvalue weighted by Crippen LogP contribution is 2.30. The Labute approximate surface area is 124 Å². The second-order valence-electron chi connectivity index (χ2n) is 3.90. The van der Waals surface area contributed by atoms with Crippen LogP contribution in [-0.4, -0.2) is 19.4 Å². The quantitative estimate of drug-likeness (QED) is 0.488. The van der Waals surface area contributed by atoms with Gasteiger partial charge < -0.3 is 9.47 Å². The summed E-state index contributed by atoms with van der Waals surface area (Å²) in [5, 5.41) is 0. The molecular formula is C15H11BrO4. The van der Waals surface area contributed by atoms with E-state index in [1.54, 1.807) is 42.5 Å². The van der Waals surface area contributed by atoms with Gasteiger partial charge in [-0.1, -0.05) is 28.1 Å². The van der Waals surface area contributed by atoms with E-state index in [-0.39, 0.29) is 11.3 Å². The molecule has 0 aromatic heterocycles. The first kappa shape index (κ1) is 14.3. The van der Waals surface area contributed by atoms with Crippen LogP contribution < -0.4 is 9.47 Å². The third-order valence-corrected chi connectivity index (χ3v) is 3.10. The third-order valence-electron chi connectivity index (χ3n) is 2.61. The molecule has 102 valence electrons. The van der Waals surface area contributed by atoms with Crippen molar-refractivity contribution in [1.29, 1.82) is 0 Å². The van der Waals surface area contributed by atoms with E-state index in [4.69, 9.17) is 9.47 Å². The van der Waals surface area contributed by atoms with Gasteiger partial charge in [0.25, 0.3) is 0 Å². The minimum absolute atomic E-state index is 0.120. The monoisotopic (exact) mass is 334 g/mol. The highest BCUT2D eigenvalue weighted by molar-refractivity contribution is 9.10. The summed E-state index contributed by atoms with van der Waals surface area (Å²) in [6, 6.07) is 11.6. The van der Waals surface area contributed by atoms with Crippen molar-refractivity contribution in [1.82, 2.24) is 0 Å². The lowest BCUT2D eigenvalue weighted by atomic mass is 10.2. The van der Waals surface area contributed by atoms with Gasteiger partial charge in [0.15, 0.2) is 17.8 Å². The van der Waals surface area contributed by atoms with Crippen LogP contribution in [0, 0.1) is 0 Å². The maximum Gasteiger partial charge on any atom is 0.343 e. The average molecular weight is 335 g/mol. The maximum atomic E-state index is 12.1. The lowest BCUT2D eigenvalue weighted by Crippen LogP contribution is -2.10. The van der Waals surface area contributed by atoms with Gasteiger partial charge in [-0.05, 0) is 30.3 Å². The molecule has 20 heavy (non-hydrogen) atoms. The van der Waals surface area contributed by atoms with Gasteiger partial charge in [0.1, 0.15) is 0 Å². The zero-order chi connectivity index (χ0) is 14.5. The summed E-state index contributed by atoms with van der Waals surface area (Å²) in [6.45, 7) is 0. The molecule has 0 N–H and O–H groups in total. The van der Waals surface area contributed by atoms with Crippen LogP contribution >= 0.6 is 15.9 Å². The summed E-state index contributed by atoms with van der Waals surface area (Å²) in [6.07, 6.45) is 0.617. The Hall–Kier alpha value is -2.14. The molecule has 0 aliphatic carbocycles. The van der Waals surface area contributed by atoms with E-state index in [2.05, 4.69) is 15.9 Å². The average Bonchev–Trinajstić information content (AvgIpc) is 2.47. The second-order valence-corrected chi connectivity index (χ2v) is 4.81. The van der Waals surface area contributed by atoms with E-state index in [0.717, 1.165) is 4.47 Å². The highest BCUT2D eigenvalue weighted by atomic mass is 79.9. The van der Waals surface area contributed by atoms with Gasteiger partial charge in [-0.15, -0.1) is 0 Å². The van der Waals surface area contributed by atoms with Gasteiger partial charge in [-0.2, -0.15) is 0 Å². The van der Waals surface area contributed by atoms with Crippen molar-refractivity contribution < 1.29 is 19.1 Å². The number of para-hydroxylation sites is 1. The lowest BCUT2D eigenvalue weighted by Gasteiger charge is -2.11. The number of halogens is 1. The van der Waals surface area contributed by atoms with Crippen LogP contribution in [-0.2, 0) is 0 Å². The number of hydrogen-bond donors (Lipinski definition) is 0. The number of carbonyl (C=O) groups is 2. The van der Waals surface area contributed by atoms with Crippen LogP contribution in [0.15, 0.2) is 46.9 Å². The van der Waals surface area contributed by atoms with E-state index in [0.29, 0.717) is 17.6 Å². The first-order chi connectivity index (χ1) is 9.65. The number of hydrogen-bond acceptors (Lipinski definition) is 4. The summed E-state index contributed by atoms with van der Waals surface area (Å²) < 4.78 is 11.2. The van der Waals surface area contributed by atoms with Gasteiger partial charge in [0.05, 0.1) is 18.2 Å². The Balaban J connectivity index is 2.34. The van der Waals surface area contributed by atoms with Crippen molar-refractivity contribution in [3.8, 4) is 11.5 Å². The smallest absolute Gasteiger partial charge is 0.343 e.